The van der Waals surface area contributed by atoms with Crippen LogP contribution in [-0.2, 0) is 14.6 Å². The standard InChI is InChI=1S/C29H30FN9O4S/c1-4-23(40)37-8-9-38(16(2)14-37)27-18-10-21(30)24(20-12-33-15-34-26(20)31)35-28(18)39(29(41)36-27)25-19(17-6-5-7-17)11-32-13-22(25)44(3,42)43/h4,10-13,15-17H,1,5-9,14H2,2-3H3,(H2,31,33,34)/t16-/m0/s1. The largest absolute Gasteiger partial charge is 0.383 e. The van der Waals surface area contributed by atoms with E-state index in [0.717, 1.165) is 30.1 Å². The first-order valence-corrected chi connectivity index (χ1v) is 15.9. The van der Waals surface area contributed by atoms with E-state index in [9.17, 15) is 18.0 Å². The molecule has 1 saturated heterocycles. The van der Waals surface area contributed by atoms with Gasteiger partial charge in [-0.1, -0.05) is 13.0 Å². The Kier molecular flexibility index (Phi) is 7.35. The van der Waals surface area contributed by atoms with Crippen molar-refractivity contribution >= 4 is 38.4 Å². The average molecular weight is 620 g/mol. The minimum absolute atomic E-state index is 0.0203. The van der Waals surface area contributed by atoms with E-state index in [4.69, 9.17) is 5.73 Å². The second-order valence-electron chi connectivity index (χ2n) is 11.1. The summed E-state index contributed by atoms with van der Waals surface area (Å²) < 4.78 is 43.2. The molecule has 1 saturated carbocycles. The lowest BCUT2D eigenvalue weighted by Crippen LogP contribution is -2.54. The molecule has 2 aliphatic rings. The number of halogens is 1. The van der Waals surface area contributed by atoms with Crippen LogP contribution in [0.15, 0.2) is 53.3 Å². The zero-order chi connectivity index (χ0) is 31.3. The van der Waals surface area contributed by atoms with Gasteiger partial charge in [0, 0.05) is 50.5 Å². The van der Waals surface area contributed by atoms with Gasteiger partial charge in [-0.15, -0.1) is 0 Å². The van der Waals surface area contributed by atoms with Crippen LogP contribution in [0.4, 0.5) is 16.0 Å². The quantitative estimate of drug-likeness (QED) is 0.314. The summed E-state index contributed by atoms with van der Waals surface area (Å²) in [5, 5.41) is 0.174. The predicted molar refractivity (Wildman–Crippen MR) is 162 cm³/mol. The van der Waals surface area contributed by atoms with Crippen LogP contribution in [0.3, 0.4) is 0 Å². The molecular formula is C29H30FN9O4S. The minimum atomic E-state index is -3.89. The first-order chi connectivity index (χ1) is 21.0. The van der Waals surface area contributed by atoms with Crippen molar-refractivity contribution in [3.63, 3.8) is 0 Å². The Morgan fingerprint density at radius 3 is 2.57 bits per heavy atom. The highest BCUT2D eigenvalue weighted by Crippen LogP contribution is 2.41. The van der Waals surface area contributed by atoms with Gasteiger partial charge in [0.05, 0.1) is 16.6 Å². The molecule has 0 aromatic carbocycles. The maximum Gasteiger partial charge on any atom is 0.355 e. The van der Waals surface area contributed by atoms with Crippen LogP contribution in [-0.4, -0.2) is 80.6 Å². The Morgan fingerprint density at radius 1 is 1.16 bits per heavy atom. The molecule has 1 aliphatic heterocycles. The second kappa shape index (κ2) is 11.0. The van der Waals surface area contributed by atoms with E-state index < -0.39 is 21.3 Å². The van der Waals surface area contributed by atoms with Gasteiger partial charge in [0.2, 0.25) is 5.91 Å². The Bertz CT molecular complexity index is 2000. The third kappa shape index (κ3) is 4.96. The third-order valence-electron chi connectivity index (χ3n) is 8.27. The van der Waals surface area contributed by atoms with Crippen molar-refractivity contribution in [3.05, 3.63) is 65.5 Å². The van der Waals surface area contributed by atoms with E-state index in [2.05, 4.69) is 31.5 Å². The number of nitrogen functional groups attached to an aromatic ring is 1. The Morgan fingerprint density at radius 2 is 1.93 bits per heavy atom. The van der Waals surface area contributed by atoms with E-state index in [1.165, 1.54) is 30.9 Å². The number of anilines is 2. The lowest BCUT2D eigenvalue weighted by molar-refractivity contribution is -0.126. The second-order valence-corrected chi connectivity index (χ2v) is 13.1. The summed E-state index contributed by atoms with van der Waals surface area (Å²) in [5.41, 5.74) is 5.79. The van der Waals surface area contributed by atoms with E-state index in [0.29, 0.717) is 25.2 Å². The Hall–Kier alpha value is -4.79. The lowest BCUT2D eigenvalue weighted by atomic mass is 9.80. The van der Waals surface area contributed by atoms with Gasteiger partial charge in [-0.25, -0.2) is 37.1 Å². The molecule has 15 heteroatoms. The highest BCUT2D eigenvalue weighted by molar-refractivity contribution is 7.90. The van der Waals surface area contributed by atoms with Crippen LogP contribution < -0.4 is 16.3 Å². The summed E-state index contributed by atoms with van der Waals surface area (Å²) in [6.07, 6.45) is 10.1. The van der Waals surface area contributed by atoms with Crippen LogP contribution in [0.25, 0.3) is 28.0 Å². The summed E-state index contributed by atoms with van der Waals surface area (Å²) in [5.74, 6) is -0.886. The fourth-order valence-electron chi connectivity index (χ4n) is 5.82. The minimum Gasteiger partial charge on any atom is -0.383 e. The molecular weight excluding hydrogens is 589 g/mol. The number of sulfone groups is 1. The fourth-order valence-corrected chi connectivity index (χ4v) is 6.63. The first-order valence-electron chi connectivity index (χ1n) is 14.0. The molecule has 0 bridgehead atoms. The Labute approximate surface area is 252 Å². The van der Waals surface area contributed by atoms with Gasteiger partial charge in [0.1, 0.15) is 28.6 Å². The molecule has 228 valence electrons. The van der Waals surface area contributed by atoms with Crippen molar-refractivity contribution in [2.75, 3.05) is 36.5 Å². The fraction of sp³-hybridized carbons (Fsp3) is 0.345. The average Bonchev–Trinajstić information content (AvgIpc) is 2.95. The molecule has 0 unspecified atom stereocenters. The van der Waals surface area contributed by atoms with Gasteiger partial charge >= 0.3 is 5.69 Å². The lowest BCUT2D eigenvalue weighted by Gasteiger charge is -2.40. The number of amides is 1. The maximum atomic E-state index is 15.9. The number of rotatable bonds is 6. The van der Waals surface area contributed by atoms with E-state index in [-0.39, 0.29) is 62.4 Å². The zero-order valence-electron chi connectivity index (χ0n) is 24.1. The molecule has 5 heterocycles. The van der Waals surface area contributed by atoms with E-state index in [1.54, 1.807) is 11.1 Å². The van der Waals surface area contributed by atoms with Gasteiger partial charge in [-0.2, -0.15) is 4.98 Å². The van der Waals surface area contributed by atoms with Crippen LogP contribution in [0.5, 0.6) is 0 Å². The van der Waals surface area contributed by atoms with Crippen molar-refractivity contribution in [2.45, 2.75) is 43.0 Å². The van der Waals surface area contributed by atoms with Crippen molar-refractivity contribution < 1.29 is 17.6 Å². The van der Waals surface area contributed by atoms with Crippen molar-refractivity contribution in [2.24, 2.45) is 0 Å². The Balaban J connectivity index is 1.67. The van der Waals surface area contributed by atoms with Crippen molar-refractivity contribution in [3.8, 4) is 16.9 Å². The molecule has 13 nitrogen and oxygen atoms in total. The summed E-state index contributed by atoms with van der Waals surface area (Å²) in [6, 6.07) is 0.901. The molecule has 0 spiro atoms. The summed E-state index contributed by atoms with van der Waals surface area (Å²) >= 11 is 0. The first kappa shape index (κ1) is 29.3. The molecule has 0 radical (unpaired) electrons. The highest BCUT2D eigenvalue weighted by Gasteiger charge is 2.33. The number of hydrogen-bond acceptors (Lipinski definition) is 11. The van der Waals surface area contributed by atoms with Gasteiger partial charge < -0.3 is 15.5 Å². The summed E-state index contributed by atoms with van der Waals surface area (Å²) in [6.45, 7) is 6.35. The third-order valence-corrected chi connectivity index (χ3v) is 9.36. The molecule has 44 heavy (non-hydrogen) atoms. The van der Waals surface area contributed by atoms with Gasteiger partial charge in [0.15, 0.2) is 21.3 Å². The van der Waals surface area contributed by atoms with Crippen LogP contribution >= 0.6 is 0 Å². The van der Waals surface area contributed by atoms with Gasteiger partial charge in [-0.3, -0.25) is 9.78 Å². The summed E-state index contributed by atoms with van der Waals surface area (Å²) in [4.78, 5) is 50.8. The number of carbonyl (C=O) groups is 1. The SMILES string of the molecule is C=CC(=O)N1CCN(c2nc(=O)n(-c3c(C4CCC4)cncc3S(C)(=O)=O)c3nc(-c4cncnc4N)c(F)cc23)[C@@H](C)C1. The van der Waals surface area contributed by atoms with Gasteiger partial charge in [-0.05, 0) is 43.4 Å². The smallest absolute Gasteiger partial charge is 0.355 e. The van der Waals surface area contributed by atoms with Gasteiger partial charge in [0.25, 0.3) is 0 Å². The molecule has 4 aromatic rings. The number of nitrogens with zero attached hydrogens (tertiary/aromatic N) is 8. The van der Waals surface area contributed by atoms with Crippen LogP contribution in [0.1, 0.15) is 37.7 Å². The number of hydrogen-bond donors (Lipinski definition) is 1. The summed E-state index contributed by atoms with van der Waals surface area (Å²) in [7, 11) is -3.89. The number of carbonyl (C=O) groups excluding carboxylic acids is 1. The normalized spacial score (nSPS) is 17.5. The van der Waals surface area contributed by atoms with Crippen molar-refractivity contribution in [1.29, 1.82) is 0 Å². The number of fused-ring (bicyclic) bond motifs is 1. The molecule has 1 amide bonds. The molecule has 2 fully saturated rings. The molecule has 1 atom stereocenters. The number of piperazine rings is 1. The monoisotopic (exact) mass is 619 g/mol. The molecule has 2 N–H and O–H groups in total. The molecule has 1 aliphatic carbocycles. The van der Waals surface area contributed by atoms with E-state index >= 15 is 4.39 Å². The molecule has 6 rings (SSSR count). The van der Waals surface area contributed by atoms with Crippen molar-refractivity contribution in [1.82, 2.24) is 34.4 Å². The maximum absolute atomic E-state index is 15.9. The highest BCUT2D eigenvalue weighted by atomic mass is 32.2. The topological polar surface area (TPSA) is 170 Å². The number of nitrogens with two attached hydrogens (primary N) is 1. The molecule has 4 aromatic heterocycles. The predicted octanol–water partition coefficient (Wildman–Crippen LogP) is 2.25. The van der Waals surface area contributed by atoms with E-state index in [1.807, 2.05) is 11.8 Å². The zero-order valence-corrected chi connectivity index (χ0v) is 25.0. The van der Waals surface area contributed by atoms with Crippen LogP contribution in [0, 0.1) is 5.82 Å². The number of aromatic nitrogens is 6. The van der Waals surface area contributed by atoms with Crippen LogP contribution in [0.2, 0.25) is 0 Å². The number of pyridine rings is 2.